The van der Waals surface area contributed by atoms with Gasteiger partial charge in [0.2, 0.25) is 0 Å². The van der Waals surface area contributed by atoms with Crippen molar-refractivity contribution in [2.24, 2.45) is 5.73 Å². The minimum atomic E-state index is 0.275. The first kappa shape index (κ1) is 12.6. The maximum atomic E-state index is 5.48. The van der Waals surface area contributed by atoms with Crippen molar-refractivity contribution in [1.29, 1.82) is 0 Å². The lowest BCUT2D eigenvalue weighted by molar-refractivity contribution is 0.122. The number of nitrogens with two attached hydrogens (primary N) is 1. The Hall–Kier alpha value is -1.44. The summed E-state index contributed by atoms with van der Waals surface area (Å²) in [6.07, 6.45) is 0. The number of ether oxygens (including phenoxy) is 1. The van der Waals surface area contributed by atoms with Crippen molar-refractivity contribution >= 4 is 49.7 Å². The van der Waals surface area contributed by atoms with Gasteiger partial charge in [-0.25, -0.2) is 4.98 Å². The molecular weight excluding hydrogens is 280 g/mol. The van der Waals surface area contributed by atoms with Gasteiger partial charge in [-0.05, 0) is 30.4 Å². The van der Waals surface area contributed by atoms with Gasteiger partial charge in [0.05, 0.1) is 23.4 Å². The van der Waals surface area contributed by atoms with Gasteiger partial charge in [0.1, 0.15) is 0 Å². The molecule has 0 radical (unpaired) electrons. The second-order valence-electron chi connectivity index (χ2n) is 4.27. The number of nitrogens with one attached hydrogen (secondary N) is 1. The molecule has 0 unspecified atom stereocenters. The smallest absolute Gasteiger partial charge is 0.186 e. The first-order chi connectivity index (χ1) is 9.22. The predicted octanol–water partition coefficient (Wildman–Crippen LogP) is 1.79. The highest BCUT2D eigenvalue weighted by Gasteiger charge is 2.15. The number of hydrogen-bond acceptors (Lipinski definition) is 5. The second kappa shape index (κ2) is 5.28. The normalized spacial score (nSPS) is 15.7. The molecule has 0 aliphatic carbocycles. The van der Waals surface area contributed by atoms with E-state index in [2.05, 4.69) is 15.2 Å². The molecule has 3 rings (SSSR count). The molecule has 1 aromatic heterocycles. The fraction of sp³-hybridized carbons (Fsp3) is 0.333. The van der Waals surface area contributed by atoms with E-state index in [0.717, 1.165) is 47.3 Å². The van der Waals surface area contributed by atoms with E-state index in [-0.39, 0.29) is 5.11 Å². The fourth-order valence-corrected chi connectivity index (χ4v) is 3.20. The third kappa shape index (κ3) is 2.78. The van der Waals surface area contributed by atoms with Crippen LogP contribution >= 0.6 is 23.6 Å². The van der Waals surface area contributed by atoms with Crippen molar-refractivity contribution < 1.29 is 4.74 Å². The summed E-state index contributed by atoms with van der Waals surface area (Å²) in [5.41, 5.74) is 7.38. The van der Waals surface area contributed by atoms with Gasteiger partial charge in [-0.3, -0.25) is 0 Å². The van der Waals surface area contributed by atoms with Gasteiger partial charge in [-0.1, -0.05) is 11.3 Å². The summed E-state index contributed by atoms with van der Waals surface area (Å²) in [5.74, 6) is 0. The highest BCUT2D eigenvalue weighted by molar-refractivity contribution is 7.80. The minimum absolute atomic E-state index is 0.275. The third-order valence-electron chi connectivity index (χ3n) is 2.93. The topological polar surface area (TPSA) is 63.4 Å². The number of aromatic nitrogens is 1. The molecule has 1 saturated heterocycles. The number of thiazole rings is 1. The Balaban J connectivity index is 1.89. The summed E-state index contributed by atoms with van der Waals surface area (Å²) in [6.45, 7) is 3.34. The highest BCUT2D eigenvalue weighted by Crippen LogP contribution is 2.31. The van der Waals surface area contributed by atoms with Gasteiger partial charge in [0.15, 0.2) is 10.2 Å². The zero-order valence-corrected chi connectivity index (χ0v) is 11.9. The highest BCUT2D eigenvalue weighted by atomic mass is 32.1. The number of fused-ring (bicyclic) bond motifs is 1. The van der Waals surface area contributed by atoms with Crippen LogP contribution in [0, 0.1) is 0 Å². The van der Waals surface area contributed by atoms with E-state index in [9.17, 15) is 0 Å². The van der Waals surface area contributed by atoms with Crippen molar-refractivity contribution in [3.05, 3.63) is 18.2 Å². The molecule has 7 heteroatoms. The summed E-state index contributed by atoms with van der Waals surface area (Å²) in [5, 5.41) is 4.26. The van der Waals surface area contributed by atoms with Crippen molar-refractivity contribution in [3.63, 3.8) is 0 Å². The Kier molecular flexibility index (Phi) is 3.50. The summed E-state index contributed by atoms with van der Waals surface area (Å²) in [4.78, 5) is 6.91. The van der Waals surface area contributed by atoms with Crippen LogP contribution in [0.2, 0.25) is 0 Å². The fourth-order valence-electron chi connectivity index (χ4n) is 2.02. The predicted molar refractivity (Wildman–Crippen MR) is 83.1 cm³/mol. The van der Waals surface area contributed by atoms with Crippen LogP contribution in [0.4, 0.5) is 10.8 Å². The molecule has 5 nitrogen and oxygen atoms in total. The van der Waals surface area contributed by atoms with E-state index in [1.165, 1.54) is 0 Å². The molecule has 3 N–H and O–H groups in total. The molecule has 1 fully saturated rings. The summed E-state index contributed by atoms with van der Waals surface area (Å²) in [7, 11) is 0. The van der Waals surface area contributed by atoms with E-state index in [1.54, 1.807) is 11.3 Å². The van der Waals surface area contributed by atoms with E-state index in [0.29, 0.717) is 0 Å². The largest absolute Gasteiger partial charge is 0.378 e. The summed E-state index contributed by atoms with van der Waals surface area (Å²) >= 11 is 6.52. The van der Waals surface area contributed by atoms with Gasteiger partial charge in [0.25, 0.3) is 0 Å². The van der Waals surface area contributed by atoms with Crippen LogP contribution in [0.25, 0.3) is 10.2 Å². The molecule has 2 aromatic rings. The summed E-state index contributed by atoms with van der Waals surface area (Å²) in [6, 6.07) is 5.94. The molecule has 0 saturated carbocycles. The Labute approximate surface area is 120 Å². The molecule has 2 heterocycles. The Morgan fingerprint density at radius 2 is 2.21 bits per heavy atom. The van der Waals surface area contributed by atoms with Crippen LogP contribution < -0.4 is 16.0 Å². The number of hydrogen-bond donors (Lipinski definition) is 2. The molecule has 19 heavy (non-hydrogen) atoms. The van der Waals surface area contributed by atoms with Gasteiger partial charge in [-0.2, -0.15) is 0 Å². The molecule has 100 valence electrons. The van der Waals surface area contributed by atoms with Crippen LogP contribution in [0.3, 0.4) is 0 Å². The van der Waals surface area contributed by atoms with Crippen LogP contribution in [0.5, 0.6) is 0 Å². The van der Waals surface area contributed by atoms with Crippen molar-refractivity contribution in [2.45, 2.75) is 0 Å². The first-order valence-corrected chi connectivity index (χ1v) is 7.24. The molecule has 1 aliphatic rings. The van der Waals surface area contributed by atoms with Crippen LogP contribution in [0.15, 0.2) is 18.2 Å². The zero-order chi connectivity index (χ0) is 13.2. The maximum Gasteiger partial charge on any atom is 0.186 e. The van der Waals surface area contributed by atoms with Crippen LogP contribution in [-0.4, -0.2) is 36.4 Å². The lowest BCUT2D eigenvalue weighted by Crippen LogP contribution is -2.36. The van der Waals surface area contributed by atoms with Gasteiger partial charge < -0.3 is 20.7 Å². The lowest BCUT2D eigenvalue weighted by Gasteiger charge is -2.25. The molecular formula is C12H14N4OS2. The quantitative estimate of drug-likeness (QED) is 0.823. The SMILES string of the molecule is NC(=S)Nc1ccc2nc(N3CCOCC3)sc2c1. The van der Waals surface area contributed by atoms with Crippen LogP contribution in [0.1, 0.15) is 0 Å². The Morgan fingerprint density at radius 3 is 2.95 bits per heavy atom. The van der Waals surface area contributed by atoms with Crippen molar-refractivity contribution in [3.8, 4) is 0 Å². The summed E-state index contributed by atoms with van der Waals surface area (Å²) < 4.78 is 6.48. The number of benzene rings is 1. The Bertz CT molecular complexity index is 607. The van der Waals surface area contributed by atoms with Gasteiger partial charge >= 0.3 is 0 Å². The van der Waals surface area contributed by atoms with E-state index < -0.39 is 0 Å². The van der Waals surface area contributed by atoms with E-state index >= 15 is 0 Å². The second-order valence-corrected chi connectivity index (χ2v) is 5.72. The van der Waals surface area contributed by atoms with Crippen LogP contribution in [-0.2, 0) is 4.74 Å². The number of morpholine rings is 1. The van der Waals surface area contributed by atoms with Gasteiger partial charge in [-0.15, -0.1) is 0 Å². The van der Waals surface area contributed by atoms with Crippen molar-refractivity contribution in [1.82, 2.24) is 4.98 Å². The molecule has 1 aromatic carbocycles. The van der Waals surface area contributed by atoms with Gasteiger partial charge in [0, 0.05) is 18.8 Å². The first-order valence-electron chi connectivity index (χ1n) is 6.02. The van der Waals surface area contributed by atoms with Crippen molar-refractivity contribution in [2.75, 3.05) is 36.5 Å². The maximum absolute atomic E-state index is 5.48. The number of thiocarbonyl (C=S) groups is 1. The monoisotopic (exact) mass is 294 g/mol. The number of anilines is 2. The standard InChI is InChI=1S/C12H14N4OS2/c13-11(18)14-8-1-2-9-10(7-8)19-12(15-9)16-3-5-17-6-4-16/h1-2,7H,3-6H2,(H3,13,14,18). The molecule has 0 atom stereocenters. The lowest BCUT2D eigenvalue weighted by atomic mass is 10.3. The van der Waals surface area contributed by atoms with E-state index in [4.69, 9.17) is 22.7 Å². The average Bonchev–Trinajstić information content (AvgIpc) is 2.82. The Morgan fingerprint density at radius 1 is 1.42 bits per heavy atom. The molecule has 1 aliphatic heterocycles. The average molecular weight is 294 g/mol. The third-order valence-corrected chi connectivity index (χ3v) is 4.11. The number of rotatable bonds is 2. The minimum Gasteiger partial charge on any atom is -0.378 e. The van der Waals surface area contributed by atoms with E-state index in [1.807, 2.05) is 18.2 Å². The molecule has 0 amide bonds. The number of nitrogens with zero attached hydrogens (tertiary/aromatic N) is 2. The molecule has 0 bridgehead atoms. The molecule has 0 spiro atoms. The zero-order valence-electron chi connectivity index (χ0n) is 10.3.